The number of aromatic carboxylic acids is 1. The number of methoxy groups -OCH3 is 1. The molecule has 0 atom stereocenters. The highest BCUT2D eigenvalue weighted by Crippen LogP contribution is 2.17. The van der Waals surface area contributed by atoms with Gasteiger partial charge in [-0.2, -0.15) is 9.97 Å². The summed E-state index contributed by atoms with van der Waals surface area (Å²) >= 11 is 0. The van der Waals surface area contributed by atoms with E-state index in [0.717, 1.165) is 0 Å². The molecular weight excluding hydrogens is 224 g/mol. The van der Waals surface area contributed by atoms with Crippen molar-refractivity contribution in [1.82, 2.24) is 19.6 Å². The van der Waals surface area contributed by atoms with Crippen LogP contribution in [0.2, 0.25) is 0 Å². The van der Waals surface area contributed by atoms with Crippen molar-refractivity contribution in [2.75, 3.05) is 7.11 Å². The Hall–Kier alpha value is -2.18. The first kappa shape index (κ1) is 11.3. The first-order chi connectivity index (χ1) is 8.02. The standard InChI is InChI=1S/C10H12N4O3/c1-5(2)7-11-10-12-8(17-3)6(9(15)16)4-14(10)13-7/h4-5H,1-3H3,(H,15,16). The number of aromatic nitrogens is 4. The van der Waals surface area contributed by atoms with E-state index < -0.39 is 5.97 Å². The van der Waals surface area contributed by atoms with Crippen LogP contribution in [0.15, 0.2) is 6.20 Å². The molecule has 0 unspecified atom stereocenters. The lowest BCUT2D eigenvalue weighted by Gasteiger charge is -2.02. The number of fused-ring (bicyclic) bond motifs is 1. The van der Waals surface area contributed by atoms with Crippen LogP contribution in [0.5, 0.6) is 5.88 Å². The fourth-order valence-corrected chi connectivity index (χ4v) is 1.37. The second-order valence-corrected chi connectivity index (χ2v) is 3.84. The number of carbonyl (C=O) groups is 1. The molecule has 0 aliphatic heterocycles. The van der Waals surface area contributed by atoms with Crippen molar-refractivity contribution in [2.24, 2.45) is 0 Å². The summed E-state index contributed by atoms with van der Waals surface area (Å²) in [5, 5.41) is 13.1. The van der Waals surface area contributed by atoms with Crippen molar-refractivity contribution < 1.29 is 14.6 Å². The first-order valence-corrected chi connectivity index (χ1v) is 5.07. The van der Waals surface area contributed by atoms with Gasteiger partial charge in [-0.1, -0.05) is 13.8 Å². The van der Waals surface area contributed by atoms with E-state index in [1.54, 1.807) is 0 Å². The highest BCUT2D eigenvalue weighted by atomic mass is 16.5. The molecule has 0 bridgehead atoms. The monoisotopic (exact) mass is 236 g/mol. The molecule has 2 aromatic heterocycles. The number of carboxylic acids is 1. The van der Waals surface area contributed by atoms with Crippen molar-refractivity contribution in [2.45, 2.75) is 19.8 Å². The molecule has 90 valence electrons. The molecule has 7 heteroatoms. The third-order valence-electron chi connectivity index (χ3n) is 2.25. The van der Waals surface area contributed by atoms with Gasteiger partial charge < -0.3 is 9.84 Å². The Morgan fingerprint density at radius 2 is 2.18 bits per heavy atom. The minimum absolute atomic E-state index is 0.0349. The Kier molecular flexibility index (Phi) is 2.66. The van der Waals surface area contributed by atoms with Crippen molar-refractivity contribution in [3.63, 3.8) is 0 Å². The van der Waals surface area contributed by atoms with E-state index in [1.807, 2.05) is 13.8 Å². The summed E-state index contributed by atoms with van der Waals surface area (Å²) in [6.45, 7) is 3.90. The molecule has 0 fully saturated rings. The second kappa shape index (κ2) is 4.00. The van der Waals surface area contributed by atoms with Gasteiger partial charge in [0.05, 0.1) is 13.3 Å². The van der Waals surface area contributed by atoms with Crippen LogP contribution in [-0.2, 0) is 0 Å². The van der Waals surface area contributed by atoms with E-state index in [4.69, 9.17) is 9.84 Å². The summed E-state index contributed by atoms with van der Waals surface area (Å²) in [5.41, 5.74) is -0.0415. The van der Waals surface area contributed by atoms with Gasteiger partial charge in [-0.15, -0.1) is 5.10 Å². The lowest BCUT2D eigenvalue weighted by atomic mass is 10.2. The number of nitrogens with zero attached hydrogens (tertiary/aromatic N) is 4. The van der Waals surface area contributed by atoms with Crippen LogP contribution in [0, 0.1) is 0 Å². The average molecular weight is 236 g/mol. The molecule has 0 saturated heterocycles. The summed E-state index contributed by atoms with van der Waals surface area (Å²) < 4.78 is 6.26. The zero-order chi connectivity index (χ0) is 12.6. The lowest BCUT2D eigenvalue weighted by molar-refractivity contribution is 0.0691. The van der Waals surface area contributed by atoms with Crippen LogP contribution < -0.4 is 4.74 Å². The molecule has 0 amide bonds. The van der Waals surface area contributed by atoms with E-state index in [9.17, 15) is 4.79 Å². The van der Waals surface area contributed by atoms with Gasteiger partial charge in [0.15, 0.2) is 5.82 Å². The van der Waals surface area contributed by atoms with Gasteiger partial charge >= 0.3 is 5.97 Å². The summed E-state index contributed by atoms with van der Waals surface area (Å²) in [7, 11) is 1.37. The van der Waals surface area contributed by atoms with Gasteiger partial charge in [-0.05, 0) is 0 Å². The minimum atomic E-state index is -1.11. The van der Waals surface area contributed by atoms with Crippen molar-refractivity contribution in [1.29, 1.82) is 0 Å². The molecule has 2 rings (SSSR count). The zero-order valence-electron chi connectivity index (χ0n) is 9.71. The molecule has 0 aliphatic carbocycles. The lowest BCUT2D eigenvalue weighted by Crippen LogP contribution is -2.06. The molecule has 0 spiro atoms. The molecule has 0 saturated carbocycles. The Labute approximate surface area is 97.1 Å². The Bertz CT molecular complexity index is 576. The van der Waals surface area contributed by atoms with Gasteiger partial charge in [0.2, 0.25) is 5.88 Å². The normalized spacial score (nSPS) is 11.1. The molecule has 2 aromatic rings. The third kappa shape index (κ3) is 1.91. The zero-order valence-corrected chi connectivity index (χ0v) is 9.71. The van der Waals surface area contributed by atoms with Gasteiger partial charge in [0, 0.05) is 5.92 Å². The van der Waals surface area contributed by atoms with Crippen molar-refractivity contribution in [3.8, 4) is 5.88 Å². The second-order valence-electron chi connectivity index (χ2n) is 3.84. The number of hydrogen-bond donors (Lipinski definition) is 1. The van der Waals surface area contributed by atoms with E-state index in [-0.39, 0.29) is 17.4 Å². The fourth-order valence-electron chi connectivity index (χ4n) is 1.37. The molecule has 0 aromatic carbocycles. The van der Waals surface area contributed by atoms with Gasteiger partial charge in [0.1, 0.15) is 5.56 Å². The molecule has 0 radical (unpaired) electrons. The van der Waals surface area contributed by atoms with E-state index >= 15 is 0 Å². The van der Waals surface area contributed by atoms with Crippen LogP contribution in [0.25, 0.3) is 5.78 Å². The largest absolute Gasteiger partial charge is 0.480 e. The average Bonchev–Trinajstić information content (AvgIpc) is 2.69. The molecule has 1 N–H and O–H groups in total. The topological polar surface area (TPSA) is 89.6 Å². The van der Waals surface area contributed by atoms with E-state index in [2.05, 4.69) is 15.1 Å². The predicted molar refractivity (Wildman–Crippen MR) is 58.4 cm³/mol. The number of hydrogen-bond acceptors (Lipinski definition) is 5. The number of ether oxygens (including phenoxy) is 1. The summed E-state index contributed by atoms with van der Waals surface area (Å²) in [4.78, 5) is 19.2. The minimum Gasteiger partial charge on any atom is -0.480 e. The molecular formula is C10H12N4O3. The predicted octanol–water partition coefficient (Wildman–Crippen LogP) is 0.954. The van der Waals surface area contributed by atoms with Crippen LogP contribution in [0.1, 0.15) is 35.9 Å². The van der Waals surface area contributed by atoms with Crippen molar-refractivity contribution in [3.05, 3.63) is 17.6 Å². The third-order valence-corrected chi connectivity index (χ3v) is 2.25. The maximum absolute atomic E-state index is 11.0. The molecule has 17 heavy (non-hydrogen) atoms. The summed E-state index contributed by atoms with van der Waals surface area (Å²) in [5.74, 6) is 0.0131. The molecule has 0 aliphatic rings. The summed E-state index contributed by atoms with van der Waals surface area (Å²) in [6, 6.07) is 0. The van der Waals surface area contributed by atoms with Crippen LogP contribution in [-0.4, -0.2) is 37.8 Å². The summed E-state index contributed by atoms with van der Waals surface area (Å²) in [6.07, 6.45) is 1.35. The van der Waals surface area contributed by atoms with Crippen molar-refractivity contribution >= 4 is 11.7 Å². The maximum atomic E-state index is 11.0. The maximum Gasteiger partial charge on any atom is 0.342 e. The highest BCUT2D eigenvalue weighted by molar-refractivity contribution is 5.90. The van der Waals surface area contributed by atoms with E-state index in [1.165, 1.54) is 17.8 Å². The molecule has 7 nitrogen and oxygen atoms in total. The van der Waals surface area contributed by atoms with Crippen LogP contribution in [0.4, 0.5) is 0 Å². The van der Waals surface area contributed by atoms with Gasteiger partial charge in [-0.25, -0.2) is 9.31 Å². The van der Waals surface area contributed by atoms with Gasteiger partial charge in [0.25, 0.3) is 5.78 Å². The number of carboxylic acid groups (broad SMARTS) is 1. The Morgan fingerprint density at radius 1 is 1.47 bits per heavy atom. The first-order valence-electron chi connectivity index (χ1n) is 5.07. The SMILES string of the molecule is COc1nc2nc(C(C)C)nn2cc1C(=O)O. The van der Waals surface area contributed by atoms with Gasteiger partial charge in [-0.3, -0.25) is 0 Å². The Morgan fingerprint density at radius 3 is 2.71 bits per heavy atom. The smallest absolute Gasteiger partial charge is 0.342 e. The van der Waals surface area contributed by atoms with Crippen LogP contribution >= 0.6 is 0 Å². The Balaban J connectivity index is 2.65. The quantitative estimate of drug-likeness (QED) is 0.853. The molecule has 2 heterocycles. The fraction of sp³-hybridized carbons (Fsp3) is 0.400. The number of rotatable bonds is 3. The van der Waals surface area contributed by atoms with E-state index in [0.29, 0.717) is 11.6 Å². The highest BCUT2D eigenvalue weighted by Gasteiger charge is 2.17. The van der Waals surface area contributed by atoms with Crippen LogP contribution in [0.3, 0.4) is 0 Å².